The first-order valence-corrected chi connectivity index (χ1v) is 14.0. The quantitative estimate of drug-likeness (QED) is 0.188. The molecular weight excluding hydrogens is 584 g/mol. The molecule has 1 radical (unpaired) electrons. The SMILES string of the molecule is CCc1cccc2c3nc4nc(nc5[nH]c(nc6nc(nc([nH]3)c12)-c1ccccc1-6)c1ccccc51)-c1ccccc1-4.[Cu]. The van der Waals surface area contributed by atoms with Gasteiger partial charge in [0.15, 0.2) is 23.3 Å². The summed E-state index contributed by atoms with van der Waals surface area (Å²) < 4.78 is 0. The minimum atomic E-state index is 0. The van der Waals surface area contributed by atoms with Crippen LogP contribution >= 0.6 is 0 Å². The molecule has 9 rings (SSSR count). The summed E-state index contributed by atoms with van der Waals surface area (Å²) in [6.07, 6.45) is 0.857. The minimum Gasteiger partial charge on any atom is -0.324 e. The second kappa shape index (κ2) is 9.66. The Morgan fingerprint density at radius 1 is 0.442 bits per heavy atom. The molecule has 5 heterocycles. The number of hydrogen-bond donors (Lipinski definition) is 2. The Kier molecular flexibility index (Phi) is 5.72. The molecule has 8 bridgehead atoms. The summed E-state index contributed by atoms with van der Waals surface area (Å²) in [5, 5.41) is 3.94. The Morgan fingerprint density at radius 3 is 1.33 bits per heavy atom. The standard InChI is InChI=1S/C34H22N8.Cu/c1-2-18-10-9-17-25-26(18)34-41-32-24-16-8-7-15-23(24)30(39-32)37-28-20-12-4-3-11-19(20)27(35-28)36-29-21-13-5-6-14-22(21)31(38-29)40-33(25)42-34;/h3-17H,2H2,1H3,(H2,35,36,37,38,39,40,41,42);. The molecule has 0 atom stereocenters. The van der Waals surface area contributed by atoms with Crippen LogP contribution in [0.2, 0.25) is 0 Å². The first-order valence-electron chi connectivity index (χ1n) is 14.0. The van der Waals surface area contributed by atoms with Crippen LogP contribution in [0.5, 0.6) is 0 Å². The maximum absolute atomic E-state index is 5.12. The van der Waals surface area contributed by atoms with Gasteiger partial charge in [-0.3, -0.25) is 0 Å². The van der Waals surface area contributed by atoms with Gasteiger partial charge in [0.2, 0.25) is 0 Å². The van der Waals surface area contributed by atoms with Gasteiger partial charge in [-0.25, -0.2) is 29.9 Å². The first kappa shape index (κ1) is 25.5. The van der Waals surface area contributed by atoms with E-state index in [2.05, 4.69) is 35.1 Å². The molecule has 0 fully saturated rings. The number of nitrogens with one attached hydrogen (secondary N) is 2. The second-order valence-electron chi connectivity index (χ2n) is 10.4. The summed E-state index contributed by atoms with van der Waals surface area (Å²) in [4.78, 5) is 37.2. The van der Waals surface area contributed by atoms with Crippen LogP contribution in [0, 0.1) is 0 Å². The Balaban J connectivity index is 0.00000278. The molecule has 7 aromatic rings. The molecule has 0 spiro atoms. The monoisotopic (exact) mass is 605 g/mol. The van der Waals surface area contributed by atoms with Crippen molar-refractivity contribution in [3.8, 4) is 45.6 Å². The van der Waals surface area contributed by atoms with Gasteiger partial charge in [0, 0.05) is 60.9 Å². The van der Waals surface area contributed by atoms with Gasteiger partial charge in [0.05, 0.1) is 0 Å². The summed E-state index contributed by atoms with van der Waals surface area (Å²) >= 11 is 0. The normalized spacial score (nSPS) is 11.7. The zero-order valence-corrected chi connectivity index (χ0v) is 23.8. The Morgan fingerprint density at radius 2 is 0.837 bits per heavy atom. The number of nitrogens with zero attached hydrogens (tertiary/aromatic N) is 6. The van der Waals surface area contributed by atoms with Gasteiger partial charge in [0.25, 0.3) is 0 Å². The number of hydrogen-bond acceptors (Lipinski definition) is 6. The Labute approximate surface area is 255 Å². The van der Waals surface area contributed by atoms with Crippen molar-refractivity contribution in [2.45, 2.75) is 13.3 Å². The number of fused-ring (bicyclic) bond motifs is 20. The third-order valence-corrected chi connectivity index (χ3v) is 8.05. The van der Waals surface area contributed by atoms with Crippen LogP contribution in [0.3, 0.4) is 0 Å². The second-order valence-corrected chi connectivity index (χ2v) is 10.4. The van der Waals surface area contributed by atoms with Gasteiger partial charge in [-0.05, 0) is 12.0 Å². The van der Waals surface area contributed by atoms with E-state index in [9.17, 15) is 0 Å². The molecular formula is C34H22CuN8. The van der Waals surface area contributed by atoms with E-state index < -0.39 is 0 Å². The predicted octanol–water partition coefficient (Wildman–Crippen LogP) is 7.43. The Hall–Kier alpha value is -5.24. The fourth-order valence-corrected chi connectivity index (χ4v) is 6.06. The zero-order chi connectivity index (χ0) is 27.8. The van der Waals surface area contributed by atoms with Crippen LogP contribution in [0.25, 0.3) is 89.7 Å². The molecule has 2 aliphatic heterocycles. The van der Waals surface area contributed by atoms with E-state index in [-0.39, 0.29) is 17.1 Å². The van der Waals surface area contributed by atoms with Gasteiger partial charge in [-0.2, -0.15) is 0 Å². The molecule has 2 aliphatic rings. The van der Waals surface area contributed by atoms with Gasteiger partial charge < -0.3 is 9.97 Å². The van der Waals surface area contributed by atoms with Crippen LogP contribution < -0.4 is 0 Å². The fraction of sp³-hybridized carbons (Fsp3) is 0.0588. The molecule has 0 amide bonds. The third kappa shape index (κ3) is 3.82. The molecule has 0 saturated carbocycles. The van der Waals surface area contributed by atoms with Crippen molar-refractivity contribution in [3.63, 3.8) is 0 Å². The molecule has 0 unspecified atom stereocenters. The number of aryl methyl sites for hydroxylation is 1. The molecule has 2 N–H and O–H groups in total. The molecule has 8 nitrogen and oxygen atoms in total. The van der Waals surface area contributed by atoms with Crippen molar-refractivity contribution in [2.24, 2.45) is 0 Å². The smallest absolute Gasteiger partial charge is 0.164 e. The molecule has 43 heavy (non-hydrogen) atoms. The molecule has 3 aromatic heterocycles. The fourth-order valence-electron chi connectivity index (χ4n) is 6.06. The van der Waals surface area contributed by atoms with Gasteiger partial charge in [-0.1, -0.05) is 97.9 Å². The third-order valence-electron chi connectivity index (χ3n) is 8.05. The average molecular weight is 606 g/mol. The summed E-state index contributed by atoms with van der Waals surface area (Å²) in [6, 6.07) is 30.6. The van der Waals surface area contributed by atoms with Crippen molar-refractivity contribution >= 4 is 44.1 Å². The van der Waals surface area contributed by atoms with E-state index in [1.807, 2.05) is 72.8 Å². The van der Waals surface area contributed by atoms with E-state index in [1.165, 1.54) is 5.56 Å². The van der Waals surface area contributed by atoms with Crippen molar-refractivity contribution < 1.29 is 17.1 Å². The summed E-state index contributed by atoms with van der Waals surface area (Å²) in [7, 11) is 0. The van der Waals surface area contributed by atoms with Gasteiger partial charge in [-0.15, -0.1) is 0 Å². The number of aromatic amines is 2. The van der Waals surface area contributed by atoms with Crippen molar-refractivity contribution in [1.82, 2.24) is 39.9 Å². The number of benzene rings is 4. The van der Waals surface area contributed by atoms with Crippen molar-refractivity contribution in [2.75, 3.05) is 0 Å². The molecule has 4 aromatic carbocycles. The average Bonchev–Trinajstić information content (AvgIpc) is 3.76. The molecule has 209 valence electrons. The van der Waals surface area contributed by atoms with Crippen LogP contribution in [0.1, 0.15) is 12.5 Å². The molecule has 0 saturated heterocycles. The van der Waals surface area contributed by atoms with Gasteiger partial charge in [0.1, 0.15) is 22.6 Å². The first-order chi connectivity index (χ1) is 20.7. The van der Waals surface area contributed by atoms with Crippen LogP contribution in [-0.4, -0.2) is 39.9 Å². The van der Waals surface area contributed by atoms with Crippen LogP contribution in [0.4, 0.5) is 0 Å². The molecule has 9 heteroatoms. The summed E-state index contributed by atoms with van der Waals surface area (Å²) in [5.74, 6) is 2.42. The minimum absolute atomic E-state index is 0. The number of aromatic nitrogens is 8. The van der Waals surface area contributed by atoms with E-state index in [4.69, 9.17) is 29.9 Å². The van der Waals surface area contributed by atoms with E-state index in [1.54, 1.807) is 0 Å². The van der Waals surface area contributed by atoms with Crippen LogP contribution in [0.15, 0.2) is 91.0 Å². The van der Waals surface area contributed by atoms with Crippen LogP contribution in [-0.2, 0) is 23.5 Å². The zero-order valence-electron chi connectivity index (χ0n) is 22.9. The Bertz CT molecular complexity index is 2420. The predicted molar refractivity (Wildman–Crippen MR) is 165 cm³/mol. The summed E-state index contributed by atoms with van der Waals surface area (Å²) in [5.41, 5.74) is 7.71. The maximum atomic E-state index is 5.12. The molecule has 0 aliphatic carbocycles. The largest absolute Gasteiger partial charge is 0.324 e. The topological polar surface area (TPSA) is 109 Å². The number of rotatable bonds is 1. The van der Waals surface area contributed by atoms with Crippen molar-refractivity contribution in [1.29, 1.82) is 0 Å². The van der Waals surface area contributed by atoms with E-state index in [0.29, 0.717) is 40.2 Å². The van der Waals surface area contributed by atoms with E-state index in [0.717, 1.165) is 55.9 Å². The van der Waals surface area contributed by atoms with E-state index >= 15 is 0 Å². The maximum Gasteiger partial charge on any atom is 0.164 e. The van der Waals surface area contributed by atoms with Gasteiger partial charge >= 0.3 is 0 Å². The number of H-pyrrole nitrogens is 2. The summed E-state index contributed by atoms with van der Waals surface area (Å²) in [6.45, 7) is 2.15. The van der Waals surface area contributed by atoms with Crippen molar-refractivity contribution in [3.05, 3.63) is 96.6 Å².